The summed E-state index contributed by atoms with van der Waals surface area (Å²) in [5.41, 5.74) is 2.12. The monoisotopic (exact) mass is 286 g/mol. The van der Waals surface area contributed by atoms with Gasteiger partial charge in [0.25, 0.3) is 11.8 Å². The lowest BCUT2D eigenvalue weighted by atomic mass is 9.88. The number of carbonyl (C=O) groups excluding carboxylic acids is 2. The Kier molecular flexibility index (Phi) is 3.81. The minimum absolute atomic E-state index is 0.138. The summed E-state index contributed by atoms with van der Waals surface area (Å²) in [7, 11) is 0. The fourth-order valence-electron chi connectivity index (χ4n) is 3.49. The van der Waals surface area contributed by atoms with Crippen molar-refractivity contribution in [1.82, 2.24) is 10.2 Å². The van der Waals surface area contributed by atoms with Crippen LogP contribution < -0.4 is 5.32 Å². The zero-order valence-electron chi connectivity index (χ0n) is 12.7. The van der Waals surface area contributed by atoms with Crippen molar-refractivity contribution < 1.29 is 9.59 Å². The normalized spacial score (nSPS) is 25.3. The Morgan fingerprint density at radius 1 is 1.24 bits per heavy atom. The molecule has 3 rings (SSSR count). The van der Waals surface area contributed by atoms with Gasteiger partial charge in [0.15, 0.2) is 0 Å². The van der Waals surface area contributed by atoms with Crippen molar-refractivity contribution in [1.29, 1.82) is 0 Å². The molecule has 4 nitrogen and oxygen atoms in total. The number of piperidine rings is 1. The molecule has 0 saturated carbocycles. The second kappa shape index (κ2) is 5.60. The summed E-state index contributed by atoms with van der Waals surface area (Å²) in [6.07, 6.45) is 3.44. The number of rotatable bonds is 3. The van der Waals surface area contributed by atoms with Crippen LogP contribution in [-0.2, 0) is 0 Å². The summed E-state index contributed by atoms with van der Waals surface area (Å²) in [6.45, 7) is 5.58. The quantitative estimate of drug-likeness (QED) is 0.868. The maximum absolute atomic E-state index is 12.5. The van der Waals surface area contributed by atoms with Crippen LogP contribution in [0.2, 0.25) is 0 Å². The highest BCUT2D eigenvalue weighted by atomic mass is 16.2. The number of hydrogen-bond acceptors (Lipinski definition) is 3. The Hall–Kier alpha value is -1.68. The van der Waals surface area contributed by atoms with Gasteiger partial charge in [-0.15, -0.1) is 0 Å². The third-order valence-electron chi connectivity index (χ3n) is 4.76. The molecule has 2 aliphatic rings. The maximum Gasteiger partial charge on any atom is 0.261 e. The van der Waals surface area contributed by atoms with E-state index in [1.165, 1.54) is 17.7 Å². The number of nitrogens with zero attached hydrogens (tertiary/aromatic N) is 1. The van der Waals surface area contributed by atoms with Crippen LogP contribution in [0.1, 0.15) is 52.5 Å². The molecule has 21 heavy (non-hydrogen) atoms. The number of nitrogens with one attached hydrogen (secondary N) is 1. The van der Waals surface area contributed by atoms with Gasteiger partial charge < -0.3 is 5.32 Å². The van der Waals surface area contributed by atoms with Crippen molar-refractivity contribution in [3.8, 4) is 0 Å². The van der Waals surface area contributed by atoms with E-state index in [0.29, 0.717) is 23.6 Å². The molecule has 0 aromatic heterocycles. The van der Waals surface area contributed by atoms with Gasteiger partial charge in [0, 0.05) is 12.6 Å². The summed E-state index contributed by atoms with van der Waals surface area (Å²) in [4.78, 5) is 26.4. The van der Waals surface area contributed by atoms with E-state index in [1.54, 1.807) is 6.07 Å². The first-order valence-electron chi connectivity index (χ1n) is 7.82. The van der Waals surface area contributed by atoms with E-state index < -0.39 is 0 Å². The van der Waals surface area contributed by atoms with Gasteiger partial charge in [-0.25, -0.2) is 0 Å². The molecule has 1 aromatic rings. The highest BCUT2D eigenvalue weighted by molar-refractivity contribution is 6.21. The van der Waals surface area contributed by atoms with Gasteiger partial charge in [-0.2, -0.15) is 0 Å². The SMILES string of the molecule is CCC1CCCNC1CN1C(=O)c2ccc(C)cc2C1=O. The smallest absolute Gasteiger partial charge is 0.261 e. The summed E-state index contributed by atoms with van der Waals surface area (Å²) in [6, 6.07) is 5.71. The summed E-state index contributed by atoms with van der Waals surface area (Å²) in [5, 5.41) is 3.48. The predicted octanol–water partition coefficient (Wildman–Crippen LogP) is 2.37. The molecular formula is C17H22N2O2. The van der Waals surface area contributed by atoms with E-state index in [0.717, 1.165) is 18.5 Å². The highest BCUT2D eigenvalue weighted by Crippen LogP contribution is 2.27. The molecule has 1 aromatic carbocycles. The summed E-state index contributed by atoms with van der Waals surface area (Å²) in [5.74, 6) is 0.267. The van der Waals surface area contributed by atoms with Crippen LogP contribution in [0.5, 0.6) is 0 Å². The number of benzene rings is 1. The van der Waals surface area contributed by atoms with E-state index >= 15 is 0 Å². The van der Waals surface area contributed by atoms with Gasteiger partial charge in [0.2, 0.25) is 0 Å². The maximum atomic E-state index is 12.5. The fourth-order valence-corrected chi connectivity index (χ4v) is 3.49. The first-order valence-corrected chi connectivity index (χ1v) is 7.82. The van der Waals surface area contributed by atoms with Crippen LogP contribution in [0, 0.1) is 12.8 Å². The molecule has 0 radical (unpaired) electrons. The minimum atomic E-state index is -0.141. The van der Waals surface area contributed by atoms with Crippen molar-refractivity contribution >= 4 is 11.8 Å². The number of aryl methyl sites for hydroxylation is 1. The zero-order valence-corrected chi connectivity index (χ0v) is 12.7. The highest BCUT2D eigenvalue weighted by Gasteiger charge is 2.38. The van der Waals surface area contributed by atoms with E-state index in [-0.39, 0.29) is 17.9 Å². The van der Waals surface area contributed by atoms with E-state index in [1.807, 2.05) is 19.1 Å². The molecule has 1 saturated heterocycles. The Morgan fingerprint density at radius 2 is 2.00 bits per heavy atom. The van der Waals surface area contributed by atoms with Crippen LogP contribution in [0.15, 0.2) is 18.2 Å². The third-order valence-corrected chi connectivity index (χ3v) is 4.76. The molecule has 2 heterocycles. The standard InChI is InChI=1S/C17H22N2O2/c1-3-12-5-4-8-18-15(12)10-19-16(20)13-7-6-11(2)9-14(13)17(19)21/h6-7,9,12,15,18H,3-5,8,10H2,1-2H3. The van der Waals surface area contributed by atoms with Gasteiger partial charge in [-0.1, -0.05) is 25.0 Å². The van der Waals surface area contributed by atoms with Crippen LogP contribution in [-0.4, -0.2) is 35.8 Å². The fraction of sp³-hybridized carbons (Fsp3) is 0.529. The van der Waals surface area contributed by atoms with Crippen LogP contribution in [0.25, 0.3) is 0 Å². The van der Waals surface area contributed by atoms with Crippen LogP contribution in [0.3, 0.4) is 0 Å². The van der Waals surface area contributed by atoms with Gasteiger partial charge in [-0.3, -0.25) is 14.5 Å². The van der Waals surface area contributed by atoms with E-state index in [2.05, 4.69) is 12.2 Å². The number of carbonyl (C=O) groups is 2. The summed E-state index contributed by atoms with van der Waals surface area (Å²) >= 11 is 0. The molecule has 0 bridgehead atoms. The molecule has 1 N–H and O–H groups in total. The number of hydrogen-bond donors (Lipinski definition) is 1. The minimum Gasteiger partial charge on any atom is -0.312 e. The second-order valence-electron chi connectivity index (χ2n) is 6.14. The molecule has 0 aliphatic carbocycles. The van der Waals surface area contributed by atoms with Crippen molar-refractivity contribution in [2.75, 3.05) is 13.1 Å². The van der Waals surface area contributed by atoms with E-state index in [4.69, 9.17) is 0 Å². The molecule has 2 amide bonds. The first-order chi connectivity index (χ1) is 10.1. The molecule has 2 atom stereocenters. The number of amides is 2. The summed E-state index contributed by atoms with van der Waals surface area (Å²) < 4.78 is 0. The molecule has 2 aliphatic heterocycles. The van der Waals surface area contributed by atoms with Gasteiger partial charge in [-0.05, 0) is 44.4 Å². The lowest BCUT2D eigenvalue weighted by molar-refractivity contribution is 0.0614. The molecule has 1 fully saturated rings. The molecule has 2 unspecified atom stereocenters. The average molecular weight is 286 g/mol. The first kappa shape index (κ1) is 14.3. The largest absolute Gasteiger partial charge is 0.312 e. The number of imide groups is 1. The lowest BCUT2D eigenvalue weighted by Gasteiger charge is -2.34. The molecule has 4 heteroatoms. The van der Waals surface area contributed by atoms with Crippen molar-refractivity contribution in [3.63, 3.8) is 0 Å². The topological polar surface area (TPSA) is 49.4 Å². The Labute approximate surface area is 125 Å². The predicted molar refractivity (Wildman–Crippen MR) is 81.4 cm³/mol. The van der Waals surface area contributed by atoms with Crippen LogP contribution >= 0.6 is 0 Å². The third kappa shape index (κ3) is 2.48. The molecule has 0 spiro atoms. The van der Waals surface area contributed by atoms with Gasteiger partial charge >= 0.3 is 0 Å². The molecule has 112 valence electrons. The Bertz CT molecular complexity index is 582. The average Bonchev–Trinajstić information content (AvgIpc) is 2.72. The Morgan fingerprint density at radius 3 is 2.76 bits per heavy atom. The molecular weight excluding hydrogens is 264 g/mol. The van der Waals surface area contributed by atoms with Crippen molar-refractivity contribution in [2.24, 2.45) is 5.92 Å². The second-order valence-corrected chi connectivity index (χ2v) is 6.14. The Balaban J connectivity index is 1.81. The van der Waals surface area contributed by atoms with Crippen LogP contribution in [0.4, 0.5) is 0 Å². The van der Waals surface area contributed by atoms with Gasteiger partial charge in [0.05, 0.1) is 11.1 Å². The lowest BCUT2D eigenvalue weighted by Crippen LogP contribution is -2.50. The van der Waals surface area contributed by atoms with Crippen molar-refractivity contribution in [2.45, 2.75) is 39.2 Å². The number of fused-ring (bicyclic) bond motifs is 1. The van der Waals surface area contributed by atoms with Gasteiger partial charge in [0.1, 0.15) is 0 Å². The zero-order chi connectivity index (χ0) is 15.0. The van der Waals surface area contributed by atoms with Crippen molar-refractivity contribution in [3.05, 3.63) is 34.9 Å². The van der Waals surface area contributed by atoms with E-state index in [9.17, 15) is 9.59 Å².